The predicted molar refractivity (Wildman–Crippen MR) is 131 cm³/mol. The number of unbranched alkanes of at least 4 members (excludes halogenated alkanes) is 8. The molecule has 1 aliphatic heterocycles. The molecule has 3 unspecified atom stereocenters. The Labute approximate surface area is 196 Å². The van der Waals surface area contributed by atoms with Crippen molar-refractivity contribution >= 4 is 5.97 Å². The van der Waals surface area contributed by atoms with Crippen molar-refractivity contribution in [3.63, 3.8) is 0 Å². The second-order valence-electron chi connectivity index (χ2n) is 9.06. The lowest BCUT2D eigenvalue weighted by molar-refractivity contribution is -0.194. The van der Waals surface area contributed by atoms with E-state index >= 15 is 0 Å². The van der Waals surface area contributed by atoms with Crippen LogP contribution in [0.3, 0.4) is 0 Å². The van der Waals surface area contributed by atoms with Crippen LogP contribution in [0.1, 0.15) is 116 Å². The van der Waals surface area contributed by atoms with Crippen molar-refractivity contribution in [1.29, 1.82) is 0 Å². The lowest BCUT2D eigenvalue weighted by Gasteiger charge is -2.29. The molecule has 0 aliphatic carbocycles. The first-order valence-electron chi connectivity index (χ1n) is 13.1. The highest BCUT2D eigenvalue weighted by atomic mass is 16.7. The van der Waals surface area contributed by atoms with E-state index in [1.54, 1.807) is 0 Å². The molecule has 0 aromatic heterocycles. The molecular formula is C27H48O5. The molecule has 3 atom stereocenters. The second kappa shape index (κ2) is 20.4. The molecule has 186 valence electrons. The molecule has 2 N–H and O–H groups in total. The van der Waals surface area contributed by atoms with E-state index in [1.807, 2.05) is 0 Å². The molecule has 1 saturated heterocycles. The first kappa shape index (κ1) is 28.9. The van der Waals surface area contributed by atoms with E-state index in [9.17, 15) is 9.90 Å². The lowest BCUT2D eigenvalue weighted by Crippen LogP contribution is -2.31. The van der Waals surface area contributed by atoms with Gasteiger partial charge in [-0.2, -0.15) is 0 Å². The van der Waals surface area contributed by atoms with Gasteiger partial charge in [0.2, 0.25) is 0 Å². The summed E-state index contributed by atoms with van der Waals surface area (Å²) in [4.78, 5) is 10.9. The standard InChI is InChI=1S/C27H48O5/c1-2-3-4-5-6-7-8-9-10-11-12-13-14-15-16-19-25(22-24(28)23-26(29)30)32-27-20-17-18-21-31-27/h6-7,9-10,24-25,27-28H,2-5,8,11-23H2,1H3,(H,29,30)/b7-6-,10-9-. The Morgan fingerprint density at radius 2 is 1.69 bits per heavy atom. The Hall–Kier alpha value is -1.17. The maximum absolute atomic E-state index is 10.9. The fraction of sp³-hybridized carbons (Fsp3) is 0.815. The van der Waals surface area contributed by atoms with Gasteiger partial charge in [-0.25, -0.2) is 0 Å². The molecule has 0 amide bonds. The smallest absolute Gasteiger partial charge is 0.305 e. The summed E-state index contributed by atoms with van der Waals surface area (Å²) in [7, 11) is 0. The van der Waals surface area contributed by atoms with Crippen LogP contribution in [0.15, 0.2) is 24.3 Å². The zero-order valence-electron chi connectivity index (χ0n) is 20.4. The average molecular weight is 453 g/mol. The minimum absolute atomic E-state index is 0.134. The van der Waals surface area contributed by atoms with Crippen LogP contribution in [0.2, 0.25) is 0 Å². The van der Waals surface area contributed by atoms with Gasteiger partial charge in [-0.15, -0.1) is 0 Å². The number of carbonyl (C=O) groups is 1. The van der Waals surface area contributed by atoms with Crippen molar-refractivity contribution in [2.45, 2.75) is 135 Å². The Bertz CT molecular complexity index is 496. The Balaban J connectivity index is 2.11. The third kappa shape index (κ3) is 17.4. The maximum atomic E-state index is 10.9. The van der Waals surface area contributed by atoms with Crippen LogP contribution < -0.4 is 0 Å². The molecule has 1 aliphatic rings. The number of rotatable bonds is 20. The van der Waals surface area contributed by atoms with Crippen molar-refractivity contribution < 1.29 is 24.5 Å². The van der Waals surface area contributed by atoms with Crippen molar-refractivity contribution in [2.24, 2.45) is 0 Å². The highest BCUT2D eigenvalue weighted by molar-refractivity contribution is 5.67. The van der Waals surface area contributed by atoms with Crippen molar-refractivity contribution in [2.75, 3.05) is 6.61 Å². The molecule has 1 fully saturated rings. The minimum Gasteiger partial charge on any atom is -0.481 e. The summed E-state index contributed by atoms with van der Waals surface area (Å²) in [6, 6.07) is 0. The molecule has 0 radical (unpaired) electrons. The number of aliphatic hydroxyl groups excluding tert-OH is 1. The molecule has 0 spiro atoms. The van der Waals surface area contributed by atoms with Gasteiger partial charge in [0.25, 0.3) is 0 Å². The SMILES string of the molecule is CCCCC/C=C\C/C=C\CCCCCCCC(CC(O)CC(=O)O)OC1CCCCO1. The van der Waals surface area contributed by atoms with Gasteiger partial charge in [-0.05, 0) is 57.8 Å². The van der Waals surface area contributed by atoms with E-state index in [0.717, 1.165) is 58.0 Å². The molecule has 1 rings (SSSR count). The highest BCUT2D eigenvalue weighted by Crippen LogP contribution is 2.21. The highest BCUT2D eigenvalue weighted by Gasteiger charge is 2.23. The Kier molecular flexibility index (Phi) is 18.4. The summed E-state index contributed by atoms with van der Waals surface area (Å²) >= 11 is 0. The zero-order valence-corrected chi connectivity index (χ0v) is 20.4. The summed E-state index contributed by atoms with van der Waals surface area (Å²) < 4.78 is 11.7. The fourth-order valence-corrected chi connectivity index (χ4v) is 4.05. The molecule has 1 heterocycles. The van der Waals surface area contributed by atoms with Gasteiger partial charge < -0.3 is 19.7 Å². The van der Waals surface area contributed by atoms with Gasteiger partial charge in [-0.1, -0.05) is 69.8 Å². The lowest BCUT2D eigenvalue weighted by atomic mass is 10.0. The minimum atomic E-state index is -0.970. The van der Waals surface area contributed by atoms with Gasteiger partial charge in [0.1, 0.15) is 0 Å². The number of hydrogen-bond acceptors (Lipinski definition) is 4. The van der Waals surface area contributed by atoms with Crippen LogP contribution in [-0.2, 0) is 14.3 Å². The summed E-state index contributed by atoms with van der Waals surface area (Å²) in [6.45, 7) is 2.96. The molecule has 0 saturated carbocycles. The van der Waals surface area contributed by atoms with Gasteiger partial charge in [0, 0.05) is 13.0 Å². The largest absolute Gasteiger partial charge is 0.481 e. The number of ether oxygens (including phenoxy) is 2. The quantitative estimate of drug-likeness (QED) is 0.155. The summed E-state index contributed by atoms with van der Waals surface area (Å²) in [6.07, 6.45) is 25.1. The van der Waals surface area contributed by atoms with Crippen LogP contribution in [0.4, 0.5) is 0 Å². The predicted octanol–water partition coefficient (Wildman–Crippen LogP) is 6.94. The number of allylic oxidation sites excluding steroid dienone is 4. The second-order valence-corrected chi connectivity index (χ2v) is 9.06. The number of carboxylic acid groups (broad SMARTS) is 1. The molecule has 5 nitrogen and oxygen atoms in total. The molecule has 0 bridgehead atoms. The van der Waals surface area contributed by atoms with Gasteiger partial charge in [-0.3, -0.25) is 4.79 Å². The first-order valence-corrected chi connectivity index (χ1v) is 13.1. The fourth-order valence-electron chi connectivity index (χ4n) is 4.05. The van der Waals surface area contributed by atoms with Gasteiger partial charge in [0.15, 0.2) is 6.29 Å². The zero-order chi connectivity index (χ0) is 23.3. The van der Waals surface area contributed by atoms with Crippen LogP contribution >= 0.6 is 0 Å². The van der Waals surface area contributed by atoms with Crippen LogP contribution in [0, 0.1) is 0 Å². The Morgan fingerprint density at radius 3 is 2.34 bits per heavy atom. The van der Waals surface area contributed by atoms with Crippen LogP contribution in [-0.4, -0.2) is 41.3 Å². The first-order chi connectivity index (χ1) is 15.6. The van der Waals surface area contributed by atoms with E-state index in [0.29, 0.717) is 6.42 Å². The van der Waals surface area contributed by atoms with Gasteiger partial charge in [0.05, 0.1) is 18.6 Å². The number of aliphatic carboxylic acids is 1. The third-order valence-electron chi connectivity index (χ3n) is 5.90. The van der Waals surface area contributed by atoms with Crippen LogP contribution in [0.25, 0.3) is 0 Å². The molecule has 0 aromatic carbocycles. The molecule has 5 heteroatoms. The van der Waals surface area contributed by atoms with E-state index in [1.165, 1.54) is 44.9 Å². The van der Waals surface area contributed by atoms with Crippen molar-refractivity contribution in [1.82, 2.24) is 0 Å². The summed E-state index contributed by atoms with van der Waals surface area (Å²) in [5, 5.41) is 18.9. The van der Waals surface area contributed by atoms with E-state index < -0.39 is 12.1 Å². The number of aliphatic hydroxyl groups is 1. The monoisotopic (exact) mass is 452 g/mol. The third-order valence-corrected chi connectivity index (χ3v) is 5.90. The van der Waals surface area contributed by atoms with E-state index in [4.69, 9.17) is 14.6 Å². The average Bonchev–Trinajstić information content (AvgIpc) is 2.76. The molecule has 32 heavy (non-hydrogen) atoms. The Morgan fingerprint density at radius 1 is 1.00 bits per heavy atom. The van der Waals surface area contributed by atoms with Crippen molar-refractivity contribution in [3.05, 3.63) is 24.3 Å². The van der Waals surface area contributed by atoms with Crippen molar-refractivity contribution in [3.8, 4) is 0 Å². The summed E-state index contributed by atoms with van der Waals surface area (Å²) in [5.74, 6) is -0.970. The van der Waals surface area contributed by atoms with E-state index in [-0.39, 0.29) is 18.8 Å². The van der Waals surface area contributed by atoms with E-state index in [2.05, 4.69) is 31.2 Å². The van der Waals surface area contributed by atoms with Gasteiger partial charge >= 0.3 is 5.97 Å². The number of carboxylic acids is 1. The summed E-state index contributed by atoms with van der Waals surface area (Å²) in [5.41, 5.74) is 0. The molecule has 0 aromatic rings. The number of hydrogen-bond donors (Lipinski definition) is 2. The molecular weight excluding hydrogens is 404 g/mol. The normalized spacial score (nSPS) is 19.0. The topological polar surface area (TPSA) is 76.0 Å². The maximum Gasteiger partial charge on any atom is 0.305 e. The van der Waals surface area contributed by atoms with Crippen LogP contribution in [0.5, 0.6) is 0 Å².